The lowest BCUT2D eigenvalue weighted by Gasteiger charge is -2.12. The predicted molar refractivity (Wildman–Crippen MR) is 90.8 cm³/mol. The predicted octanol–water partition coefficient (Wildman–Crippen LogP) is 5.75. The normalized spacial score (nSPS) is 11.7. The Morgan fingerprint density at radius 1 is 0.870 bits per heavy atom. The van der Waals surface area contributed by atoms with E-state index in [1.54, 1.807) is 12.1 Å². The van der Waals surface area contributed by atoms with Gasteiger partial charge in [0.25, 0.3) is 0 Å². The van der Waals surface area contributed by atoms with Gasteiger partial charge in [0.05, 0.1) is 0 Å². The van der Waals surface area contributed by atoms with Gasteiger partial charge in [-0.25, -0.2) is 9.37 Å². The van der Waals surface area contributed by atoms with E-state index >= 15 is 0 Å². The summed E-state index contributed by atoms with van der Waals surface area (Å²) in [6, 6.07) is 14.5. The number of oxazole rings is 1. The van der Waals surface area contributed by atoms with Crippen LogP contribution in [0.3, 0.4) is 0 Å². The largest absolute Gasteiger partial charge is 0.439 e. The second-order valence-electron chi connectivity index (χ2n) is 6.82. The smallest absolute Gasteiger partial charge is 0.200 e. The second kappa shape index (κ2) is 5.65. The van der Waals surface area contributed by atoms with Crippen LogP contribution in [0.2, 0.25) is 0 Å². The standard InChI is InChI=1S/C20H20FNO/c1-13-5-7-15(8-6-13)18-17(14-9-11-16(21)12-10-14)22-19(23-18)20(2,3)4/h5-12H,1-4H3. The van der Waals surface area contributed by atoms with Crippen molar-refractivity contribution in [2.24, 2.45) is 0 Å². The molecule has 0 fully saturated rings. The molecule has 0 aliphatic heterocycles. The molecule has 0 N–H and O–H groups in total. The number of benzene rings is 2. The molecule has 1 heterocycles. The summed E-state index contributed by atoms with van der Waals surface area (Å²) < 4.78 is 19.3. The fourth-order valence-corrected chi connectivity index (χ4v) is 2.34. The van der Waals surface area contributed by atoms with Gasteiger partial charge < -0.3 is 4.42 Å². The van der Waals surface area contributed by atoms with E-state index in [2.05, 4.69) is 20.8 Å². The number of hydrogen-bond acceptors (Lipinski definition) is 2. The summed E-state index contributed by atoms with van der Waals surface area (Å²) in [6.45, 7) is 8.23. The molecule has 3 aromatic rings. The van der Waals surface area contributed by atoms with Gasteiger partial charge in [0.15, 0.2) is 5.76 Å². The number of halogens is 1. The van der Waals surface area contributed by atoms with Crippen molar-refractivity contribution in [3.8, 4) is 22.6 Å². The number of rotatable bonds is 2. The Kier molecular flexibility index (Phi) is 3.80. The van der Waals surface area contributed by atoms with Crippen molar-refractivity contribution < 1.29 is 8.81 Å². The van der Waals surface area contributed by atoms with E-state index < -0.39 is 0 Å². The van der Waals surface area contributed by atoms with E-state index in [1.807, 2.05) is 31.2 Å². The van der Waals surface area contributed by atoms with Crippen molar-refractivity contribution in [3.63, 3.8) is 0 Å². The molecule has 0 saturated heterocycles. The van der Waals surface area contributed by atoms with Crippen LogP contribution in [0.15, 0.2) is 52.9 Å². The molecule has 0 spiro atoms. The molecule has 0 aliphatic carbocycles. The van der Waals surface area contributed by atoms with Gasteiger partial charge in [0.2, 0.25) is 5.89 Å². The molecule has 0 aliphatic rings. The zero-order valence-electron chi connectivity index (χ0n) is 13.9. The third-order valence-electron chi connectivity index (χ3n) is 3.70. The second-order valence-corrected chi connectivity index (χ2v) is 6.82. The first-order valence-electron chi connectivity index (χ1n) is 7.69. The summed E-state index contributed by atoms with van der Waals surface area (Å²) in [5.74, 6) is 1.14. The summed E-state index contributed by atoms with van der Waals surface area (Å²) in [5, 5.41) is 0. The van der Waals surface area contributed by atoms with Gasteiger partial charge in [-0.3, -0.25) is 0 Å². The van der Waals surface area contributed by atoms with Gasteiger partial charge in [-0.2, -0.15) is 0 Å². The van der Waals surface area contributed by atoms with Gasteiger partial charge in [0, 0.05) is 16.5 Å². The number of aryl methyl sites for hydroxylation is 1. The van der Waals surface area contributed by atoms with Gasteiger partial charge in [-0.05, 0) is 31.2 Å². The van der Waals surface area contributed by atoms with E-state index in [0.717, 1.165) is 22.6 Å². The fraction of sp³-hybridized carbons (Fsp3) is 0.250. The number of hydrogen-bond donors (Lipinski definition) is 0. The van der Waals surface area contributed by atoms with Crippen molar-refractivity contribution in [3.05, 3.63) is 65.8 Å². The first-order chi connectivity index (χ1) is 10.8. The summed E-state index contributed by atoms with van der Waals surface area (Å²) >= 11 is 0. The first-order valence-corrected chi connectivity index (χ1v) is 7.69. The molecule has 3 heteroatoms. The average Bonchev–Trinajstić information content (AvgIpc) is 2.94. The third kappa shape index (κ3) is 3.19. The first kappa shape index (κ1) is 15.5. The zero-order valence-corrected chi connectivity index (χ0v) is 13.9. The SMILES string of the molecule is Cc1ccc(-c2oc(C(C)(C)C)nc2-c2ccc(F)cc2)cc1. The Hall–Kier alpha value is -2.42. The van der Waals surface area contributed by atoms with E-state index in [1.165, 1.54) is 17.7 Å². The maximum Gasteiger partial charge on any atom is 0.200 e. The Balaban J connectivity index is 2.18. The van der Waals surface area contributed by atoms with Crippen molar-refractivity contribution in [1.82, 2.24) is 4.98 Å². The highest BCUT2D eigenvalue weighted by Crippen LogP contribution is 2.36. The Labute approximate surface area is 136 Å². The molecule has 0 saturated carbocycles. The lowest BCUT2D eigenvalue weighted by atomic mass is 9.97. The van der Waals surface area contributed by atoms with Crippen LogP contribution in [-0.4, -0.2) is 4.98 Å². The van der Waals surface area contributed by atoms with Crippen molar-refractivity contribution in [1.29, 1.82) is 0 Å². The molecular formula is C20H20FNO. The molecule has 0 radical (unpaired) electrons. The summed E-state index contributed by atoms with van der Waals surface area (Å²) in [7, 11) is 0. The molecule has 1 aromatic heterocycles. The van der Waals surface area contributed by atoms with Crippen molar-refractivity contribution >= 4 is 0 Å². The van der Waals surface area contributed by atoms with Crippen LogP contribution >= 0.6 is 0 Å². The highest BCUT2D eigenvalue weighted by atomic mass is 19.1. The van der Waals surface area contributed by atoms with Crippen LogP contribution < -0.4 is 0 Å². The Bertz CT molecular complexity index is 745. The minimum Gasteiger partial charge on any atom is -0.439 e. The van der Waals surface area contributed by atoms with Gasteiger partial charge in [0.1, 0.15) is 11.5 Å². The topological polar surface area (TPSA) is 26.0 Å². The molecule has 2 aromatic carbocycles. The average molecular weight is 309 g/mol. The lowest BCUT2D eigenvalue weighted by molar-refractivity contribution is 0.399. The molecule has 0 amide bonds. The minimum atomic E-state index is -0.259. The van der Waals surface area contributed by atoms with Crippen LogP contribution in [0.25, 0.3) is 22.6 Å². The summed E-state index contributed by atoms with van der Waals surface area (Å²) in [4.78, 5) is 4.69. The molecular weight excluding hydrogens is 289 g/mol. The summed E-state index contributed by atoms with van der Waals surface area (Å²) in [6.07, 6.45) is 0. The Morgan fingerprint density at radius 3 is 2.00 bits per heavy atom. The molecule has 2 nitrogen and oxygen atoms in total. The molecule has 118 valence electrons. The van der Waals surface area contributed by atoms with Gasteiger partial charge in [-0.15, -0.1) is 0 Å². The molecule has 0 unspecified atom stereocenters. The fourth-order valence-electron chi connectivity index (χ4n) is 2.34. The maximum absolute atomic E-state index is 13.2. The Morgan fingerprint density at radius 2 is 1.43 bits per heavy atom. The van der Waals surface area contributed by atoms with Crippen LogP contribution in [0, 0.1) is 12.7 Å². The summed E-state index contributed by atoms with van der Waals surface area (Å²) in [5.41, 5.74) is 3.56. The molecule has 0 atom stereocenters. The zero-order chi connectivity index (χ0) is 16.6. The molecule has 3 rings (SSSR count). The van der Waals surface area contributed by atoms with E-state index in [4.69, 9.17) is 9.40 Å². The minimum absolute atomic E-state index is 0.197. The van der Waals surface area contributed by atoms with Crippen LogP contribution in [-0.2, 0) is 5.41 Å². The highest BCUT2D eigenvalue weighted by Gasteiger charge is 2.25. The number of aromatic nitrogens is 1. The highest BCUT2D eigenvalue weighted by molar-refractivity contribution is 5.77. The van der Waals surface area contributed by atoms with Crippen LogP contribution in [0.5, 0.6) is 0 Å². The van der Waals surface area contributed by atoms with E-state index in [0.29, 0.717) is 5.89 Å². The van der Waals surface area contributed by atoms with Gasteiger partial charge in [-0.1, -0.05) is 50.6 Å². The number of nitrogens with zero attached hydrogens (tertiary/aromatic N) is 1. The van der Waals surface area contributed by atoms with E-state index in [-0.39, 0.29) is 11.2 Å². The molecule has 23 heavy (non-hydrogen) atoms. The lowest BCUT2D eigenvalue weighted by Crippen LogP contribution is -2.11. The van der Waals surface area contributed by atoms with Crippen LogP contribution in [0.1, 0.15) is 32.2 Å². The third-order valence-corrected chi connectivity index (χ3v) is 3.70. The van der Waals surface area contributed by atoms with Gasteiger partial charge >= 0.3 is 0 Å². The molecule has 0 bridgehead atoms. The van der Waals surface area contributed by atoms with Crippen molar-refractivity contribution in [2.45, 2.75) is 33.1 Å². The van der Waals surface area contributed by atoms with Crippen LogP contribution in [0.4, 0.5) is 4.39 Å². The quantitative estimate of drug-likeness (QED) is 0.602. The van der Waals surface area contributed by atoms with Crippen molar-refractivity contribution in [2.75, 3.05) is 0 Å². The maximum atomic E-state index is 13.2. The van der Waals surface area contributed by atoms with E-state index in [9.17, 15) is 4.39 Å². The monoisotopic (exact) mass is 309 g/mol.